The van der Waals surface area contributed by atoms with Crippen LogP contribution in [0.25, 0.3) is 0 Å². The molecule has 0 bridgehead atoms. The number of carbonyl (C=O) groups excluding carboxylic acids is 2. The summed E-state index contributed by atoms with van der Waals surface area (Å²) >= 11 is 0. The van der Waals surface area contributed by atoms with Gasteiger partial charge in [-0.3, -0.25) is 9.59 Å². The smallest absolute Gasteiger partial charge is 0.242 e. The highest BCUT2D eigenvalue weighted by atomic mass is 16.5. The number of aryl methyl sites for hydroxylation is 2. The van der Waals surface area contributed by atoms with Crippen LogP contribution < -0.4 is 5.32 Å². The molecular formula is C11H15N3O3. The molecule has 1 aromatic rings. The van der Waals surface area contributed by atoms with E-state index in [1.54, 1.807) is 4.90 Å². The molecule has 2 heterocycles. The van der Waals surface area contributed by atoms with Gasteiger partial charge in [0.15, 0.2) is 0 Å². The van der Waals surface area contributed by atoms with Gasteiger partial charge in [0, 0.05) is 18.5 Å². The Bertz CT molecular complexity index is 433. The minimum absolute atomic E-state index is 0.0716. The standard InChI is InChI=1S/C11H15N3O3/c1-7-9(8(2)17-13-7)6-14-4-3-10(15)12-5-11(14)16/h3-6H2,1-2H3,(H,12,15). The number of aromatic nitrogens is 1. The van der Waals surface area contributed by atoms with Crippen molar-refractivity contribution in [3.8, 4) is 0 Å². The Kier molecular flexibility index (Phi) is 3.12. The fourth-order valence-electron chi connectivity index (χ4n) is 1.82. The van der Waals surface area contributed by atoms with Crippen LogP contribution in [0, 0.1) is 13.8 Å². The van der Waals surface area contributed by atoms with E-state index in [1.165, 1.54) is 0 Å². The van der Waals surface area contributed by atoms with Crippen LogP contribution in [0.4, 0.5) is 0 Å². The maximum absolute atomic E-state index is 11.8. The van der Waals surface area contributed by atoms with Crippen LogP contribution in [-0.4, -0.2) is 35.0 Å². The largest absolute Gasteiger partial charge is 0.361 e. The summed E-state index contributed by atoms with van der Waals surface area (Å²) in [5, 5.41) is 6.41. The Balaban J connectivity index is 2.12. The van der Waals surface area contributed by atoms with E-state index in [9.17, 15) is 9.59 Å². The zero-order valence-corrected chi connectivity index (χ0v) is 9.95. The molecule has 6 heteroatoms. The molecule has 2 rings (SSSR count). The lowest BCUT2D eigenvalue weighted by Gasteiger charge is -2.19. The molecule has 0 spiro atoms. The third kappa shape index (κ3) is 2.46. The molecule has 1 saturated heterocycles. The van der Waals surface area contributed by atoms with Crippen LogP contribution in [0.2, 0.25) is 0 Å². The van der Waals surface area contributed by atoms with Gasteiger partial charge < -0.3 is 14.7 Å². The van der Waals surface area contributed by atoms with E-state index in [-0.39, 0.29) is 18.4 Å². The van der Waals surface area contributed by atoms with E-state index in [4.69, 9.17) is 4.52 Å². The first-order valence-corrected chi connectivity index (χ1v) is 5.54. The van der Waals surface area contributed by atoms with Crippen molar-refractivity contribution in [1.29, 1.82) is 0 Å². The Morgan fingerprint density at radius 2 is 2.18 bits per heavy atom. The Hall–Kier alpha value is -1.85. The van der Waals surface area contributed by atoms with Crippen molar-refractivity contribution in [2.24, 2.45) is 0 Å². The molecule has 0 unspecified atom stereocenters. The molecule has 6 nitrogen and oxygen atoms in total. The van der Waals surface area contributed by atoms with Crippen LogP contribution in [-0.2, 0) is 16.1 Å². The zero-order chi connectivity index (χ0) is 12.4. The molecule has 1 aliphatic rings. The number of hydrogen-bond acceptors (Lipinski definition) is 4. The maximum Gasteiger partial charge on any atom is 0.242 e. The van der Waals surface area contributed by atoms with E-state index in [2.05, 4.69) is 10.5 Å². The van der Waals surface area contributed by atoms with Crippen molar-refractivity contribution in [1.82, 2.24) is 15.4 Å². The summed E-state index contributed by atoms with van der Waals surface area (Å²) < 4.78 is 5.05. The van der Waals surface area contributed by atoms with Gasteiger partial charge >= 0.3 is 0 Å². The summed E-state index contributed by atoms with van der Waals surface area (Å²) in [6.45, 7) is 4.63. The van der Waals surface area contributed by atoms with Crippen LogP contribution in [0.15, 0.2) is 4.52 Å². The SMILES string of the molecule is Cc1noc(C)c1CN1CCC(=O)NCC1=O. The molecule has 17 heavy (non-hydrogen) atoms. The van der Waals surface area contributed by atoms with Crippen molar-refractivity contribution >= 4 is 11.8 Å². The maximum atomic E-state index is 11.8. The van der Waals surface area contributed by atoms with E-state index in [1.807, 2.05) is 13.8 Å². The predicted octanol–water partition coefficient (Wildman–Crippen LogP) is 0.140. The lowest BCUT2D eigenvalue weighted by Crippen LogP contribution is -2.34. The summed E-state index contributed by atoms with van der Waals surface area (Å²) in [5.74, 6) is 0.564. The van der Waals surface area contributed by atoms with Crippen molar-refractivity contribution < 1.29 is 14.1 Å². The van der Waals surface area contributed by atoms with E-state index in [0.29, 0.717) is 19.5 Å². The van der Waals surface area contributed by atoms with E-state index < -0.39 is 0 Å². The van der Waals surface area contributed by atoms with Crippen LogP contribution >= 0.6 is 0 Å². The van der Waals surface area contributed by atoms with Crippen LogP contribution in [0.5, 0.6) is 0 Å². The van der Waals surface area contributed by atoms with Crippen LogP contribution in [0.3, 0.4) is 0 Å². The second kappa shape index (κ2) is 4.57. The Morgan fingerprint density at radius 3 is 2.82 bits per heavy atom. The van der Waals surface area contributed by atoms with Gasteiger partial charge in [0.1, 0.15) is 5.76 Å². The lowest BCUT2D eigenvalue weighted by atomic mass is 10.2. The first-order chi connectivity index (χ1) is 8.08. The fourth-order valence-corrected chi connectivity index (χ4v) is 1.82. The van der Waals surface area contributed by atoms with Gasteiger partial charge in [-0.2, -0.15) is 0 Å². The molecule has 1 N–H and O–H groups in total. The van der Waals surface area contributed by atoms with Gasteiger partial charge in [0.2, 0.25) is 11.8 Å². The molecule has 1 fully saturated rings. The highest BCUT2D eigenvalue weighted by molar-refractivity contribution is 5.87. The van der Waals surface area contributed by atoms with E-state index in [0.717, 1.165) is 17.0 Å². The molecule has 1 aromatic heterocycles. The monoisotopic (exact) mass is 237 g/mol. The second-order valence-corrected chi connectivity index (χ2v) is 4.14. The number of carbonyl (C=O) groups is 2. The summed E-state index contributed by atoms with van der Waals surface area (Å²) in [4.78, 5) is 24.6. The highest BCUT2D eigenvalue weighted by Crippen LogP contribution is 2.15. The molecule has 0 aliphatic carbocycles. The minimum atomic E-state index is -0.0837. The van der Waals surface area contributed by atoms with E-state index >= 15 is 0 Å². The van der Waals surface area contributed by atoms with Crippen molar-refractivity contribution in [3.63, 3.8) is 0 Å². The third-order valence-corrected chi connectivity index (χ3v) is 2.93. The van der Waals surface area contributed by atoms with Crippen molar-refractivity contribution in [2.75, 3.05) is 13.1 Å². The predicted molar refractivity (Wildman–Crippen MR) is 59.0 cm³/mol. The van der Waals surface area contributed by atoms with Gasteiger partial charge in [-0.05, 0) is 13.8 Å². The summed E-state index contributed by atoms with van der Waals surface area (Å²) in [5.41, 5.74) is 1.71. The first kappa shape index (κ1) is 11.6. The Labute approximate surface area is 98.9 Å². The average molecular weight is 237 g/mol. The second-order valence-electron chi connectivity index (χ2n) is 4.14. The molecule has 0 atom stereocenters. The molecule has 2 amide bonds. The lowest BCUT2D eigenvalue weighted by molar-refractivity contribution is -0.130. The summed E-state index contributed by atoms with van der Waals surface area (Å²) in [6, 6.07) is 0. The quantitative estimate of drug-likeness (QED) is 0.793. The van der Waals surface area contributed by atoms with Gasteiger partial charge in [-0.25, -0.2) is 0 Å². The molecule has 1 aliphatic heterocycles. The highest BCUT2D eigenvalue weighted by Gasteiger charge is 2.22. The number of rotatable bonds is 2. The van der Waals surface area contributed by atoms with Gasteiger partial charge in [0.25, 0.3) is 0 Å². The van der Waals surface area contributed by atoms with Crippen LogP contribution in [0.1, 0.15) is 23.4 Å². The average Bonchev–Trinajstić information content (AvgIpc) is 2.51. The fraction of sp³-hybridized carbons (Fsp3) is 0.545. The molecule has 92 valence electrons. The first-order valence-electron chi connectivity index (χ1n) is 5.54. The number of amides is 2. The zero-order valence-electron chi connectivity index (χ0n) is 9.95. The van der Waals surface area contributed by atoms with Gasteiger partial charge in [-0.15, -0.1) is 0 Å². The molecule has 0 aromatic carbocycles. The normalized spacial score (nSPS) is 16.9. The summed E-state index contributed by atoms with van der Waals surface area (Å²) in [6.07, 6.45) is 0.342. The number of nitrogens with one attached hydrogen (secondary N) is 1. The van der Waals surface area contributed by atoms with Gasteiger partial charge in [0.05, 0.1) is 18.8 Å². The molecule has 0 saturated carbocycles. The molecule has 0 radical (unpaired) electrons. The van der Waals surface area contributed by atoms with Crippen molar-refractivity contribution in [3.05, 3.63) is 17.0 Å². The number of hydrogen-bond donors (Lipinski definition) is 1. The topological polar surface area (TPSA) is 75.4 Å². The number of nitrogens with zero attached hydrogens (tertiary/aromatic N) is 2. The molecular weight excluding hydrogens is 222 g/mol. The van der Waals surface area contributed by atoms with Gasteiger partial charge in [-0.1, -0.05) is 5.16 Å². The third-order valence-electron chi connectivity index (χ3n) is 2.93. The minimum Gasteiger partial charge on any atom is -0.361 e. The van der Waals surface area contributed by atoms with Crippen molar-refractivity contribution in [2.45, 2.75) is 26.8 Å². The Morgan fingerprint density at radius 1 is 1.41 bits per heavy atom. The summed E-state index contributed by atoms with van der Waals surface area (Å²) in [7, 11) is 0.